The van der Waals surface area contributed by atoms with E-state index in [0.29, 0.717) is 11.4 Å². The van der Waals surface area contributed by atoms with Gasteiger partial charge in [0.1, 0.15) is 6.54 Å². The molecule has 0 unspecified atom stereocenters. The maximum absolute atomic E-state index is 13.2. The molecule has 0 aromatic heterocycles. The first-order chi connectivity index (χ1) is 14.7. The van der Waals surface area contributed by atoms with Crippen molar-refractivity contribution < 1.29 is 9.59 Å². The third-order valence-electron chi connectivity index (χ3n) is 4.66. The number of para-hydroxylation sites is 1. The number of unbranched alkanes of at least 4 members (excludes halogenated alkanes) is 1. The van der Waals surface area contributed by atoms with Crippen molar-refractivity contribution in [3.8, 4) is 0 Å². The molecule has 2 aromatic rings. The van der Waals surface area contributed by atoms with E-state index in [9.17, 15) is 9.59 Å². The Morgan fingerprint density at radius 1 is 1.07 bits per heavy atom. The average molecular weight is 441 g/mol. The third-order valence-corrected chi connectivity index (χ3v) is 6.89. The second-order valence-electron chi connectivity index (χ2n) is 7.05. The van der Waals surface area contributed by atoms with Gasteiger partial charge in [0.2, 0.25) is 5.91 Å². The molecule has 2 amide bonds. The molecule has 0 fully saturated rings. The lowest BCUT2D eigenvalue weighted by atomic mass is 10.2. The number of hydrogen-bond acceptors (Lipinski definition) is 4. The summed E-state index contributed by atoms with van der Waals surface area (Å²) in [5.74, 6) is 1.97. The maximum Gasteiger partial charge on any atom is 0.265 e. The van der Waals surface area contributed by atoms with E-state index in [0.717, 1.165) is 28.3 Å². The van der Waals surface area contributed by atoms with Gasteiger partial charge in [-0.05, 0) is 48.1 Å². The molecule has 0 saturated carbocycles. The monoisotopic (exact) mass is 440 g/mol. The summed E-state index contributed by atoms with van der Waals surface area (Å²) in [6.45, 7) is 2.87. The number of nitrogens with one attached hydrogen (secondary N) is 1. The molecule has 0 aliphatic carbocycles. The smallest absolute Gasteiger partial charge is 0.265 e. The Morgan fingerprint density at radius 2 is 1.80 bits per heavy atom. The van der Waals surface area contributed by atoms with E-state index >= 15 is 0 Å². The van der Waals surface area contributed by atoms with Crippen molar-refractivity contribution in [1.29, 1.82) is 0 Å². The minimum absolute atomic E-state index is 0.0332. The molecular weight excluding hydrogens is 412 g/mol. The molecule has 158 valence electrons. The zero-order chi connectivity index (χ0) is 21.2. The molecule has 0 bridgehead atoms. The van der Waals surface area contributed by atoms with Gasteiger partial charge in [0.25, 0.3) is 5.91 Å². The third kappa shape index (κ3) is 6.41. The van der Waals surface area contributed by atoms with Gasteiger partial charge in [-0.15, -0.1) is 0 Å². The van der Waals surface area contributed by atoms with Crippen molar-refractivity contribution in [3.05, 3.63) is 65.1 Å². The molecule has 0 saturated heterocycles. The van der Waals surface area contributed by atoms with Gasteiger partial charge in [-0.3, -0.25) is 14.5 Å². The van der Waals surface area contributed by atoms with E-state index in [-0.39, 0.29) is 18.4 Å². The lowest BCUT2D eigenvalue weighted by molar-refractivity contribution is -0.122. The van der Waals surface area contributed by atoms with Crippen molar-refractivity contribution in [2.45, 2.75) is 31.1 Å². The van der Waals surface area contributed by atoms with Gasteiger partial charge in [0, 0.05) is 11.4 Å². The standard InChI is InChI=1S/C24H28N2O2S2/c1-2-3-15-29-16-9-14-25-23(27)18-26-20-12-7-8-13-21(20)30-22(24(26)28)17-19-10-5-4-6-11-19/h4-8,10-13,17H,2-3,9,14-16,18H2,1H3,(H,25,27)/b22-17-. The van der Waals surface area contributed by atoms with Crippen LogP contribution in [0.1, 0.15) is 31.7 Å². The Bertz CT molecular complexity index is 884. The summed E-state index contributed by atoms with van der Waals surface area (Å²) in [5.41, 5.74) is 1.76. The van der Waals surface area contributed by atoms with E-state index in [2.05, 4.69) is 12.2 Å². The normalized spacial score (nSPS) is 14.6. The minimum atomic E-state index is -0.132. The SMILES string of the molecule is CCCCSCCCNC(=O)CN1C(=O)/C(=C/c2ccccc2)Sc2ccccc21. The highest BCUT2D eigenvalue weighted by molar-refractivity contribution is 8.04. The van der Waals surface area contributed by atoms with Crippen LogP contribution < -0.4 is 10.2 Å². The molecule has 0 atom stereocenters. The van der Waals surface area contributed by atoms with Crippen molar-refractivity contribution in [2.24, 2.45) is 0 Å². The van der Waals surface area contributed by atoms with Crippen LogP contribution in [0.3, 0.4) is 0 Å². The molecule has 30 heavy (non-hydrogen) atoms. The number of fused-ring (bicyclic) bond motifs is 1. The van der Waals surface area contributed by atoms with Gasteiger partial charge in [0.05, 0.1) is 10.6 Å². The molecule has 4 nitrogen and oxygen atoms in total. The van der Waals surface area contributed by atoms with Crippen LogP contribution in [0.2, 0.25) is 0 Å². The minimum Gasteiger partial charge on any atom is -0.355 e. The fraction of sp³-hybridized carbons (Fsp3) is 0.333. The lowest BCUT2D eigenvalue weighted by Gasteiger charge is -2.29. The number of carbonyl (C=O) groups is 2. The number of nitrogens with zero attached hydrogens (tertiary/aromatic N) is 1. The van der Waals surface area contributed by atoms with Crippen molar-refractivity contribution in [3.63, 3.8) is 0 Å². The summed E-state index contributed by atoms with van der Waals surface area (Å²) in [6.07, 6.45) is 5.29. The van der Waals surface area contributed by atoms with Crippen LogP contribution in [0.5, 0.6) is 0 Å². The maximum atomic E-state index is 13.2. The number of thioether (sulfide) groups is 2. The number of anilines is 1. The van der Waals surface area contributed by atoms with Gasteiger partial charge >= 0.3 is 0 Å². The number of rotatable bonds is 10. The fourth-order valence-electron chi connectivity index (χ4n) is 3.07. The molecule has 3 rings (SSSR count). The number of carbonyl (C=O) groups excluding carboxylic acids is 2. The van der Waals surface area contributed by atoms with Gasteiger partial charge < -0.3 is 5.32 Å². The molecule has 1 aliphatic heterocycles. The predicted octanol–water partition coefficient (Wildman–Crippen LogP) is 5.21. The van der Waals surface area contributed by atoms with E-state index in [1.807, 2.05) is 72.4 Å². The van der Waals surface area contributed by atoms with Crippen molar-refractivity contribution in [2.75, 3.05) is 29.5 Å². The topological polar surface area (TPSA) is 49.4 Å². The van der Waals surface area contributed by atoms with E-state index in [1.54, 1.807) is 4.90 Å². The molecule has 0 spiro atoms. The summed E-state index contributed by atoms with van der Waals surface area (Å²) in [4.78, 5) is 28.9. The quantitative estimate of drug-likeness (QED) is 0.407. The van der Waals surface area contributed by atoms with Crippen LogP contribution in [-0.4, -0.2) is 36.4 Å². The molecule has 6 heteroatoms. The van der Waals surface area contributed by atoms with Gasteiger partial charge in [-0.2, -0.15) is 11.8 Å². The molecule has 1 aliphatic rings. The summed E-state index contributed by atoms with van der Waals surface area (Å²) < 4.78 is 0. The first-order valence-corrected chi connectivity index (χ1v) is 12.4. The number of amides is 2. The molecular formula is C24H28N2O2S2. The Balaban J connectivity index is 1.63. The summed E-state index contributed by atoms with van der Waals surface area (Å²) in [6, 6.07) is 17.5. The van der Waals surface area contributed by atoms with Crippen molar-refractivity contribution in [1.82, 2.24) is 5.32 Å². The highest BCUT2D eigenvalue weighted by Crippen LogP contribution is 2.41. The van der Waals surface area contributed by atoms with Crippen LogP contribution in [0.25, 0.3) is 6.08 Å². The van der Waals surface area contributed by atoms with Crippen LogP contribution in [0, 0.1) is 0 Å². The first kappa shape index (κ1) is 22.5. The van der Waals surface area contributed by atoms with Gasteiger partial charge in [-0.25, -0.2) is 0 Å². The van der Waals surface area contributed by atoms with Gasteiger partial charge in [-0.1, -0.05) is 67.6 Å². The molecule has 1 N–H and O–H groups in total. The highest BCUT2D eigenvalue weighted by Gasteiger charge is 2.30. The predicted molar refractivity (Wildman–Crippen MR) is 129 cm³/mol. The number of benzene rings is 2. The largest absolute Gasteiger partial charge is 0.355 e. The summed E-state index contributed by atoms with van der Waals surface area (Å²) in [7, 11) is 0. The fourth-order valence-corrected chi connectivity index (χ4v) is 5.17. The Hall–Kier alpha value is -2.18. The second-order valence-corrected chi connectivity index (χ2v) is 9.36. The van der Waals surface area contributed by atoms with E-state index in [1.165, 1.54) is 30.4 Å². The molecule has 1 heterocycles. The Morgan fingerprint density at radius 3 is 2.60 bits per heavy atom. The molecule has 0 radical (unpaired) electrons. The number of hydrogen-bond donors (Lipinski definition) is 1. The van der Waals surface area contributed by atoms with Gasteiger partial charge in [0.15, 0.2) is 0 Å². The Kier molecular flexibility index (Phi) is 8.90. The summed E-state index contributed by atoms with van der Waals surface area (Å²) in [5, 5.41) is 2.96. The average Bonchev–Trinajstić information content (AvgIpc) is 2.76. The van der Waals surface area contributed by atoms with E-state index in [4.69, 9.17) is 0 Å². The second kappa shape index (κ2) is 11.9. The van der Waals surface area contributed by atoms with Crippen LogP contribution in [0.4, 0.5) is 5.69 Å². The zero-order valence-corrected chi connectivity index (χ0v) is 18.9. The van der Waals surface area contributed by atoms with Crippen LogP contribution in [-0.2, 0) is 9.59 Å². The van der Waals surface area contributed by atoms with Crippen LogP contribution in [0.15, 0.2) is 64.4 Å². The summed E-state index contributed by atoms with van der Waals surface area (Å²) >= 11 is 3.39. The lowest BCUT2D eigenvalue weighted by Crippen LogP contribution is -2.43. The molecule has 2 aromatic carbocycles. The first-order valence-electron chi connectivity index (χ1n) is 10.4. The van der Waals surface area contributed by atoms with Crippen molar-refractivity contribution >= 4 is 47.1 Å². The zero-order valence-electron chi connectivity index (χ0n) is 17.3. The van der Waals surface area contributed by atoms with Crippen LogP contribution >= 0.6 is 23.5 Å². The van der Waals surface area contributed by atoms with E-state index < -0.39 is 0 Å². The highest BCUT2D eigenvalue weighted by atomic mass is 32.2. The Labute approximate surface area is 187 Å².